The van der Waals surface area contributed by atoms with Gasteiger partial charge in [-0.3, -0.25) is 4.79 Å². The molecule has 3 heteroatoms. The number of rotatable bonds is 6. The van der Waals surface area contributed by atoms with Gasteiger partial charge in [0.25, 0.3) is 0 Å². The first-order valence-electron chi connectivity index (χ1n) is 6.77. The number of fused-ring (bicyclic) bond motifs is 1. The Morgan fingerprint density at radius 2 is 2.11 bits per heavy atom. The maximum absolute atomic E-state index is 11.9. The van der Waals surface area contributed by atoms with Crippen LogP contribution in [-0.4, -0.2) is 25.5 Å². The molecule has 1 amide bonds. The van der Waals surface area contributed by atoms with Gasteiger partial charge < -0.3 is 10.2 Å². The summed E-state index contributed by atoms with van der Waals surface area (Å²) in [6.07, 6.45) is 1.57. The van der Waals surface area contributed by atoms with Crippen molar-refractivity contribution >= 4 is 11.6 Å². The molecule has 98 valence electrons. The number of anilines is 1. The molecule has 0 unspecified atom stereocenters. The fourth-order valence-corrected chi connectivity index (χ4v) is 2.31. The van der Waals surface area contributed by atoms with Crippen LogP contribution in [0.1, 0.15) is 25.8 Å². The lowest BCUT2D eigenvalue weighted by Gasteiger charge is -2.17. The van der Waals surface area contributed by atoms with Gasteiger partial charge in [0.1, 0.15) is 0 Å². The van der Waals surface area contributed by atoms with Crippen LogP contribution in [0.2, 0.25) is 0 Å². The summed E-state index contributed by atoms with van der Waals surface area (Å²) in [5, 5.41) is 3.41. The van der Waals surface area contributed by atoms with Crippen molar-refractivity contribution in [1.29, 1.82) is 0 Å². The van der Waals surface area contributed by atoms with Gasteiger partial charge in [-0.2, -0.15) is 0 Å². The van der Waals surface area contributed by atoms with Crippen LogP contribution in [0.4, 0.5) is 5.69 Å². The zero-order valence-electron chi connectivity index (χ0n) is 11.3. The molecule has 0 radical (unpaired) electrons. The van der Waals surface area contributed by atoms with Gasteiger partial charge in [0.05, 0.1) is 6.42 Å². The number of nitrogens with zero attached hydrogens (tertiary/aromatic N) is 1. The Kier molecular flexibility index (Phi) is 4.37. The summed E-state index contributed by atoms with van der Waals surface area (Å²) in [4.78, 5) is 13.8. The van der Waals surface area contributed by atoms with Gasteiger partial charge in [-0.05, 0) is 37.1 Å². The van der Waals surface area contributed by atoms with Gasteiger partial charge in [0.2, 0.25) is 5.91 Å². The van der Waals surface area contributed by atoms with E-state index in [1.165, 1.54) is 0 Å². The number of nitrogens with one attached hydrogen (secondary N) is 1. The van der Waals surface area contributed by atoms with Crippen molar-refractivity contribution in [3.8, 4) is 0 Å². The predicted molar refractivity (Wildman–Crippen MR) is 74.8 cm³/mol. The Hall–Kier alpha value is -1.35. The second kappa shape index (κ2) is 6.01. The molecule has 3 nitrogen and oxygen atoms in total. The van der Waals surface area contributed by atoms with Crippen molar-refractivity contribution in [2.75, 3.05) is 24.5 Å². The molecule has 1 heterocycles. The second-order valence-electron chi connectivity index (χ2n) is 5.30. The van der Waals surface area contributed by atoms with Gasteiger partial charge in [0, 0.05) is 12.2 Å². The fourth-order valence-electron chi connectivity index (χ4n) is 2.31. The average molecular weight is 246 g/mol. The SMILES string of the molecule is CC(C)CNCCCN1C(=O)Cc2ccccc21. The normalized spacial score (nSPS) is 14.4. The summed E-state index contributed by atoms with van der Waals surface area (Å²) in [6.45, 7) is 7.25. The summed E-state index contributed by atoms with van der Waals surface area (Å²) in [7, 11) is 0. The van der Waals surface area contributed by atoms with Crippen LogP contribution in [0.3, 0.4) is 0 Å². The van der Waals surface area contributed by atoms with E-state index in [1.807, 2.05) is 29.2 Å². The van der Waals surface area contributed by atoms with Crippen molar-refractivity contribution < 1.29 is 4.79 Å². The summed E-state index contributed by atoms with van der Waals surface area (Å²) >= 11 is 0. The topological polar surface area (TPSA) is 32.3 Å². The minimum atomic E-state index is 0.236. The molecule has 0 atom stereocenters. The van der Waals surface area contributed by atoms with Gasteiger partial charge in [-0.15, -0.1) is 0 Å². The second-order valence-corrected chi connectivity index (χ2v) is 5.30. The van der Waals surface area contributed by atoms with E-state index in [0.29, 0.717) is 12.3 Å². The van der Waals surface area contributed by atoms with E-state index in [4.69, 9.17) is 0 Å². The molecule has 0 saturated carbocycles. The molecular formula is C15H22N2O. The minimum Gasteiger partial charge on any atom is -0.316 e. The minimum absolute atomic E-state index is 0.236. The molecule has 1 aromatic carbocycles. The van der Waals surface area contributed by atoms with Gasteiger partial charge >= 0.3 is 0 Å². The third-order valence-electron chi connectivity index (χ3n) is 3.21. The lowest BCUT2D eigenvalue weighted by molar-refractivity contribution is -0.117. The van der Waals surface area contributed by atoms with E-state index in [-0.39, 0.29) is 5.91 Å². The zero-order chi connectivity index (χ0) is 13.0. The van der Waals surface area contributed by atoms with Crippen molar-refractivity contribution in [2.45, 2.75) is 26.7 Å². The maximum Gasteiger partial charge on any atom is 0.231 e. The number of carbonyl (C=O) groups excluding carboxylic acids is 1. The van der Waals surface area contributed by atoms with E-state index < -0.39 is 0 Å². The van der Waals surface area contributed by atoms with Crippen LogP contribution in [0.25, 0.3) is 0 Å². The molecule has 1 aromatic rings. The molecule has 0 aromatic heterocycles. The predicted octanol–water partition coefficient (Wildman–Crippen LogP) is 2.21. The first-order valence-corrected chi connectivity index (χ1v) is 6.77. The Labute approximate surface area is 109 Å². The van der Waals surface area contributed by atoms with Crippen LogP contribution in [0.15, 0.2) is 24.3 Å². The standard InChI is InChI=1S/C15H22N2O/c1-12(2)11-16-8-5-9-17-14-7-4-3-6-13(14)10-15(17)18/h3-4,6-7,12,16H,5,8-11H2,1-2H3. The van der Waals surface area contributed by atoms with Gasteiger partial charge in [0.15, 0.2) is 0 Å². The number of hydrogen-bond acceptors (Lipinski definition) is 2. The Morgan fingerprint density at radius 3 is 2.89 bits per heavy atom. The van der Waals surface area contributed by atoms with E-state index in [0.717, 1.165) is 37.3 Å². The van der Waals surface area contributed by atoms with Crippen molar-refractivity contribution in [1.82, 2.24) is 5.32 Å². The van der Waals surface area contributed by atoms with E-state index >= 15 is 0 Å². The van der Waals surface area contributed by atoms with E-state index in [9.17, 15) is 4.79 Å². The molecule has 0 fully saturated rings. The monoisotopic (exact) mass is 246 g/mol. The first kappa shape index (κ1) is 13.1. The van der Waals surface area contributed by atoms with Crippen molar-refractivity contribution in [2.24, 2.45) is 5.92 Å². The molecule has 2 rings (SSSR count). The largest absolute Gasteiger partial charge is 0.316 e. The smallest absolute Gasteiger partial charge is 0.231 e. The number of amides is 1. The summed E-state index contributed by atoms with van der Waals surface area (Å²) in [5.41, 5.74) is 2.27. The molecular weight excluding hydrogens is 224 g/mol. The molecule has 0 saturated heterocycles. The number of benzene rings is 1. The quantitative estimate of drug-likeness (QED) is 0.781. The first-order chi connectivity index (χ1) is 8.68. The maximum atomic E-state index is 11.9. The van der Waals surface area contributed by atoms with Crippen molar-refractivity contribution in [3.05, 3.63) is 29.8 Å². The molecule has 1 N–H and O–H groups in total. The Morgan fingerprint density at radius 1 is 1.33 bits per heavy atom. The number of hydrogen-bond donors (Lipinski definition) is 1. The highest BCUT2D eigenvalue weighted by atomic mass is 16.2. The highest BCUT2D eigenvalue weighted by Crippen LogP contribution is 2.28. The summed E-state index contributed by atoms with van der Waals surface area (Å²) in [5.74, 6) is 0.916. The van der Waals surface area contributed by atoms with E-state index in [1.54, 1.807) is 0 Å². The third-order valence-corrected chi connectivity index (χ3v) is 3.21. The highest BCUT2D eigenvalue weighted by molar-refractivity contribution is 6.01. The molecule has 18 heavy (non-hydrogen) atoms. The van der Waals surface area contributed by atoms with Crippen LogP contribution in [-0.2, 0) is 11.2 Å². The molecule has 0 aliphatic carbocycles. The Balaban J connectivity index is 1.81. The lowest BCUT2D eigenvalue weighted by Crippen LogP contribution is -2.30. The number of carbonyl (C=O) groups is 1. The highest BCUT2D eigenvalue weighted by Gasteiger charge is 2.25. The Bertz CT molecular complexity index is 415. The molecule has 1 aliphatic heterocycles. The van der Waals surface area contributed by atoms with Crippen molar-refractivity contribution in [3.63, 3.8) is 0 Å². The molecule has 0 spiro atoms. The fraction of sp³-hybridized carbons (Fsp3) is 0.533. The summed E-state index contributed by atoms with van der Waals surface area (Å²) < 4.78 is 0. The summed E-state index contributed by atoms with van der Waals surface area (Å²) in [6, 6.07) is 8.09. The molecule has 0 bridgehead atoms. The van der Waals surface area contributed by atoms with E-state index in [2.05, 4.69) is 19.2 Å². The zero-order valence-corrected chi connectivity index (χ0v) is 11.3. The average Bonchev–Trinajstić information content (AvgIpc) is 2.65. The third kappa shape index (κ3) is 3.10. The number of para-hydroxylation sites is 1. The van der Waals surface area contributed by atoms with Gasteiger partial charge in [-0.25, -0.2) is 0 Å². The van der Waals surface area contributed by atoms with Crippen LogP contribution in [0.5, 0.6) is 0 Å². The van der Waals surface area contributed by atoms with Crippen LogP contribution < -0.4 is 10.2 Å². The molecule has 1 aliphatic rings. The van der Waals surface area contributed by atoms with Gasteiger partial charge in [-0.1, -0.05) is 32.0 Å². The van der Waals surface area contributed by atoms with Crippen LogP contribution >= 0.6 is 0 Å². The van der Waals surface area contributed by atoms with Crippen LogP contribution in [0, 0.1) is 5.92 Å². The lowest BCUT2D eigenvalue weighted by atomic mass is 10.2.